The molecule has 52 valence electrons. The molecule has 9 heavy (non-hydrogen) atoms. The molecule has 0 aromatic rings. The first-order chi connectivity index (χ1) is 4.09. The minimum absolute atomic E-state index is 0.301. The van der Waals surface area contributed by atoms with Gasteiger partial charge in [-0.15, -0.1) is 0 Å². The summed E-state index contributed by atoms with van der Waals surface area (Å²) in [5.41, 5.74) is 7.37. The molecule has 0 radical (unpaired) electrons. The van der Waals surface area contributed by atoms with Crippen molar-refractivity contribution >= 4 is 0 Å². The summed E-state index contributed by atoms with van der Waals surface area (Å²) in [7, 11) is 0. The van der Waals surface area contributed by atoms with E-state index in [0.717, 1.165) is 0 Å². The van der Waals surface area contributed by atoms with Crippen molar-refractivity contribution in [3.63, 3.8) is 0 Å². The summed E-state index contributed by atoms with van der Waals surface area (Å²) in [4.78, 5) is 0. The van der Waals surface area contributed by atoms with Gasteiger partial charge in [-0.1, -0.05) is 12.2 Å². The van der Waals surface area contributed by atoms with E-state index in [1.165, 1.54) is 18.4 Å². The van der Waals surface area contributed by atoms with Gasteiger partial charge in [0.2, 0.25) is 0 Å². The van der Waals surface area contributed by atoms with Crippen LogP contribution in [0.15, 0.2) is 12.2 Å². The van der Waals surface area contributed by atoms with Gasteiger partial charge in [-0.05, 0) is 26.7 Å². The lowest BCUT2D eigenvalue weighted by Gasteiger charge is -2.18. The summed E-state index contributed by atoms with van der Waals surface area (Å²) >= 11 is 0. The Morgan fingerprint density at radius 2 is 2.11 bits per heavy atom. The molecule has 1 fully saturated rings. The maximum absolute atomic E-state index is 5.77. The monoisotopic (exact) mass is 125 g/mol. The van der Waals surface area contributed by atoms with E-state index >= 15 is 0 Å². The van der Waals surface area contributed by atoms with Crippen molar-refractivity contribution in [3.8, 4) is 0 Å². The highest BCUT2D eigenvalue weighted by atomic mass is 14.7. The van der Waals surface area contributed by atoms with Crippen molar-refractivity contribution in [2.24, 2.45) is 11.1 Å². The van der Waals surface area contributed by atoms with E-state index in [1.54, 1.807) is 0 Å². The summed E-state index contributed by atoms with van der Waals surface area (Å²) in [6.07, 6.45) is 2.50. The smallest absolute Gasteiger partial charge is 0.0104 e. The normalized spacial score (nSPS) is 25.2. The summed E-state index contributed by atoms with van der Waals surface area (Å²) in [6, 6.07) is 0.301. The Hall–Kier alpha value is -0.300. The van der Waals surface area contributed by atoms with Crippen molar-refractivity contribution in [1.82, 2.24) is 0 Å². The molecule has 0 heterocycles. The fraction of sp³-hybridized carbons (Fsp3) is 0.750. The third-order valence-electron chi connectivity index (χ3n) is 2.51. The maximum atomic E-state index is 5.77. The van der Waals surface area contributed by atoms with Gasteiger partial charge in [-0.2, -0.15) is 0 Å². The summed E-state index contributed by atoms with van der Waals surface area (Å²) in [5, 5.41) is 0. The predicted molar refractivity (Wildman–Crippen MR) is 40.1 cm³/mol. The molecule has 0 aromatic heterocycles. The van der Waals surface area contributed by atoms with Crippen LogP contribution in [0.4, 0.5) is 0 Å². The fourth-order valence-electron chi connectivity index (χ4n) is 1.41. The lowest BCUT2D eigenvalue weighted by Crippen LogP contribution is -2.28. The number of rotatable bonds is 2. The molecule has 1 saturated carbocycles. The second-order valence-electron chi connectivity index (χ2n) is 3.23. The van der Waals surface area contributed by atoms with Gasteiger partial charge in [0.15, 0.2) is 0 Å². The zero-order valence-electron chi connectivity index (χ0n) is 6.28. The Balaban J connectivity index is 2.63. The van der Waals surface area contributed by atoms with Gasteiger partial charge >= 0.3 is 0 Å². The molecule has 1 rings (SSSR count). The van der Waals surface area contributed by atoms with E-state index in [9.17, 15) is 0 Å². The fourth-order valence-corrected chi connectivity index (χ4v) is 1.41. The van der Waals surface area contributed by atoms with Gasteiger partial charge in [0.05, 0.1) is 0 Å². The highest BCUT2D eigenvalue weighted by Gasteiger charge is 2.46. The third kappa shape index (κ3) is 0.897. The molecule has 1 aliphatic carbocycles. The molecule has 0 amide bonds. The lowest BCUT2D eigenvalue weighted by atomic mass is 9.92. The minimum Gasteiger partial charge on any atom is -0.327 e. The molecule has 1 heteroatoms. The molecule has 2 N–H and O–H groups in total. The highest BCUT2D eigenvalue weighted by molar-refractivity contribution is 5.19. The molecular weight excluding hydrogens is 110 g/mol. The van der Waals surface area contributed by atoms with E-state index in [0.29, 0.717) is 11.5 Å². The second kappa shape index (κ2) is 1.84. The van der Waals surface area contributed by atoms with E-state index < -0.39 is 0 Å². The standard InChI is InChI=1S/C8H15N/c1-6(2)8(4-5-8)7(3)9/h7H,1,4-5,9H2,2-3H3. The van der Waals surface area contributed by atoms with Crippen molar-refractivity contribution in [3.05, 3.63) is 12.2 Å². The van der Waals surface area contributed by atoms with Crippen LogP contribution in [0.25, 0.3) is 0 Å². The third-order valence-corrected chi connectivity index (χ3v) is 2.51. The van der Waals surface area contributed by atoms with E-state index in [2.05, 4.69) is 20.4 Å². The van der Waals surface area contributed by atoms with Gasteiger partial charge < -0.3 is 5.73 Å². The molecule has 0 aromatic carbocycles. The van der Waals surface area contributed by atoms with Gasteiger partial charge in [0, 0.05) is 11.5 Å². The van der Waals surface area contributed by atoms with E-state index in [4.69, 9.17) is 5.73 Å². The molecule has 1 atom stereocenters. The quantitative estimate of drug-likeness (QED) is 0.558. The Morgan fingerprint density at radius 1 is 1.67 bits per heavy atom. The molecule has 0 spiro atoms. The van der Waals surface area contributed by atoms with Crippen molar-refractivity contribution in [1.29, 1.82) is 0 Å². The largest absolute Gasteiger partial charge is 0.327 e. The lowest BCUT2D eigenvalue weighted by molar-refractivity contribution is 0.494. The van der Waals surface area contributed by atoms with E-state index in [1.807, 2.05) is 0 Å². The van der Waals surface area contributed by atoms with Gasteiger partial charge in [0.1, 0.15) is 0 Å². The number of nitrogens with two attached hydrogens (primary N) is 1. The Kier molecular flexibility index (Phi) is 1.39. The Morgan fingerprint density at radius 3 is 2.11 bits per heavy atom. The molecular formula is C8H15N. The van der Waals surface area contributed by atoms with Crippen LogP contribution in [0.5, 0.6) is 0 Å². The first-order valence-corrected chi connectivity index (χ1v) is 3.51. The van der Waals surface area contributed by atoms with Crippen molar-refractivity contribution in [2.75, 3.05) is 0 Å². The minimum atomic E-state index is 0.301. The van der Waals surface area contributed by atoms with Gasteiger partial charge in [0.25, 0.3) is 0 Å². The zero-order valence-corrected chi connectivity index (χ0v) is 6.28. The highest BCUT2D eigenvalue weighted by Crippen LogP contribution is 2.53. The summed E-state index contributed by atoms with van der Waals surface area (Å²) in [6.45, 7) is 8.08. The molecule has 1 unspecified atom stereocenters. The van der Waals surface area contributed by atoms with Crippen LogP contribution in [0.3, 0.4) is 0 Å². The van der Waals surface area contributed by atoms with Crippen molar-refractivity contribution < 1.29 is 0 Å². The van der Waals surface area contributed by atoms with Crippen LogP contribution in [0.2, 0.25) is 0 Å². The zero-order chi connectivity index (χ0) is 7.07. The van der Waals surface area contributed by atoms with Crippen LogP contribution >= 0.6 is 0 Å². The summed E-state index contributed by atoms with van der Waals surface area (Å²) < 4.78 is 0. The predicted octanol–water partition coefficient (Wildman–Crippen LogP) is 1.69. The Bertz CT molecular complexity index is 132. The van der Waals surface area contributed by atoms with Gasteiger partial charge in [-0.3, -0.25) is 0 Å². The molecule has 0 aliphatic heterocycles. The molecule has 1 aliphatic rings. The molecule has 1 nitrogen and oxygen atoms in total. The average molecular weight is 125 g/mol. The second-order valence-corrected chi connectivity index (χ2v) is 3.23. The Labute approximate surface area is 56.9 Å². The first-order valence-electron chi connectivity index (χ1n) is 3.51. The van der Waals surface area contributed by atoms with Crippen molar-refractivity contribution in [2.45, 2.75) is 32.7 Å². The van der Waals surface area contributed by atoms with Crippen LogP contribution in [-0.2, 0) is 0 Å². The van der Waals surface area contributed by atoms with Crippen LogP contribution < -0.4 is 5.73 Å². The van der Waals surface area contributed by atoms with Crippen LogP contribution in [0.1, 0.15) is 26.7 Å². The van der Waals surface area contributed by atoms with Crippen LogP contribution in [0, 0.1) is 5.41 Å². The average Bonchev–Trinajstić information content (AvgIpc) is 2.40. The summed E-state index contributed by atoms with van der Waals surface area (Å²) in [5.74, 6) is 0. The number of hydrogen-bond donors (Lipinski definition) is 1. The van der Waals surface area contributed by atoms with Gasteiger partial charge in [-0.25, -0.2) is 0 Å². The van der Waals surface area contributed by atoms with Crippen LogP contribution in [-0.4, -0.2) is 6.04 Å². The number of hydrogen-bond acceptors (Lipinski definition) is 1. The first kappa shape index (κ1) is 6.81. The molecule has 0 bridgehead atoms. The topological polar surface area (TPSA) is 26.0 Å². The SMILES string of the molecule is C=C(C)C1(C(C)N)CC1. The molecule has 0 saturated heterocycles. The van der Waals surface area contributed by atoms with E-state index in [-0.39, 0.29) is 0 Å². The maximum Gasteiger partial charge on any atom is 0.0104 e.